The standard InChI is InChI=1S/C68H105F2N15O13S2/c69-42-11-15-48-46(25-42)40(29-74-48)23-51-63(93)80-52(24-41-30-75-49-16-12-43(70)26-47(41)49)64(94)82-54(28-60(89)90)66(96)81-53(27-44-31-73-36-77-44)65(95)83-55(22-37-9-13-45(86)14-10-37)68(98)85-19-4-8-57(85)67(97)84-56(61(72)91)35-100-34-39-6-3-5-38(21-39)33-99-20-17-58(87)78-50(7-1-2-18-71)62(92)76-32-59(88)79-51/h3,5-6,21,37,40-57,73-75,77,86H,1-2,4,7-20,22-36,71H2,(H2,72,91)(H,76,92)(H,78,87)(H,79,88)(H,80,93)(H,81,96)(H,82,94)(H,83,95)(H,84,97)(H,89,90)/t37?,40?,41?,42?,43?,44?,45?,46?,47?,48?,49?,50-,51-,52-,53-,54-,55-,56+,57-/m0/s1. The van der Waals surface area contributed by atoms with Gasteiger partial charge in [0.25, 0.3) is 0 Å². The number of aliphatic hydroxyl groups excluding tert-OH is 1. The summed E-state index contributed by atoms with van der Waals surface area (Å²) in [5.41, 5.74) is 13.6. The number of hydrogen-bond acceptors (Lipinski definition) is 19. The number of carbonyl (C=O) groups excluding carboxylic acids is 10. The van der Waals surface area contributed by atoms with Crippen molar-refractivity contribution >= 4 is 88.6 Å². The number of rotatable bonds is 15. The summed E-state index contributed by atoms with van der Waals surface area (Å²) in [6.07, 6.45) is 1.92. The molecule has 3 saturated carbocycles. The molecular weight excluding hydrogens is 1340 g/mol. The summed E-state index contributed by atoms with van der Waals surface area (Å²) in [6.45, 7) is 1.18. The largest absolute Gasteiger partial charge is 0.481 e. The fraction of sp³-hybridized carbons (Fsp3) is 0.750. The number of unbranched alkanes of at least 4 members (excludes halogenated alkanes) is 1. The predicted octanol–water partition coefficient (Wildman–Crippen LogP) is -0.771. The number of aliphatic carboxylic acids is 1. The molecule has 10 amide bonds. The lowest BCUT2D eigenvalue weighted by Crippen LogP contribution is -2.61. The Hall–Kier alpha value is -6.29. The molecule has 9 rings (SSSR count). The van der Waals surface area contributed by atoms with E-state index in [-0.39, 0.29) is 106 Å². The summed E-state index contributed by atoms with van der Waals surface area (Å²) in [5.74, 6) is -9.24. The van der Waals surface area contributed by atoms with Crippen molar-refractivity contribution in [3.8, 4) is 0 Å². The van der Waals surface area contributed by atoms with Crippen LogP contribution in [0.3, 0.4) is 0 Å². The van der Waals surface area contributed by atoms with Crippen LogP contribution in [-0.4, -0.2) is 223 Å². The van der Waals surface area contributed by atoms with Gasteiger partial charge in [0.15, 0.2) is 0 Å². The van der Waals surface area contributed by atoms with Gasteiger partial charge >= 0.3 is 5.97 Å². The summed E-state index contributed by atoms with van der Waals surface area (Å²) in [6, 6.07) is -3.75. The van der Waals surface area contributed by atoms with Gasteiger partial charge in [-0.3, -0.25) is 52.7 Å². The Morgan fingerprint density at radius 2 is 1.20 bits per heavy atom. The second-order valence-electron chi connectivity index (χ2n) is 28.7. The van der Waals surface area contributed by atoms with Gasteiger partial charge in [-0.1, -0.05) is 24.3 Å². The number of alkyl halides is 2. The highest BCUT2D eigenvalue weighted by Gasteiger charge is 2.47. The lowest BCUT2D eigenvalue weighted by atomic mass is 9.76. The number of fused-ring (bicyclic) bond motifs is 5. The molecule has 3 aliphatic carbocycles. The maximum absolute atomic E-state index is 15.3. The molecule has 18 N–H and O–H groups in total. The number of benzene rings is 1. The molecule has 7 fully saturated rings. The van der Waals surface area contributed by atoms with Crippen molar-refractivity contribution in [2.75, 3.05) is 57.4 Å². The lowest BCUT2D eigenvalue weighted by molar-refractivity contribution is -0.143. The Labute approximate surface area is 591 Å². The molecule has 8 aliphatic rings. The molecule has 1 aromatic carbocycles. The Kier molecular flexibility index (Phi) is 29.8. The Bertz CT molecular complexity index is 3010. The lowest BCUT2D eigenvalue weighted by Gasteiger charge is -2.34. The third kappa shape index (κ3) is 22.9. The number of nitrogens with two attached hydrogens (primary N) is 2. The van der Waals surface area contributed by atoms with Crippen LogP contribution >= 0.6 is 23.5 Å². The Balaban J connectivity index is 1.02. The van der Waals surface area contributed by atoms with Gasteiger partial charge in [-0.15, -0.1) is 0 Å². The van der Waals surface area contributed by atoms with E-state index >= 15 is 28.0 Å². The van der Waals surface area contributed by atoms with E-state index in [0.29, 0.717) is 121 Å². The number of carbonyl (C=O) groups is 11. The smallest absolute Gasteiger partial charge is 0.305 e. The molecule has 0 spiro atoms. The number of nitrogens with one attached hydrogen (secondary N) is 12. The van der Waals surface area contributed by atoms with Gasteiger partial charge in [0.05, 0.1) is 19.1 Å². The first kappa shape index (κ1) is 77.9. The molecule has 556 valence electrons. The maximum Gasteiger partial charge on any atom is 0.305 e. The van der Waals surface area contributed by atoms with Crippen LogP contribution in [0.4, 0.5) is 8.78 Å². The molecular formula is C68H105F2N15O13S2. The second kappa shape index (κ2) is 38.3. The zero-order valence-electron chi connectivity index (χ0n) is 57.0. The maximum atomic E-state index is 15.3. The summed E-state index contributed by atoms with van der Waals surface area (Å²) in [4.78, 5) is 159. The van der Waals surface area contributed by atoms with Gasteiger partial charge in [-0.25, -0.2) is 8.78 Å². The molecule has 17 atom stereocenters. The fourth-order valence-electron chi connectivity index (χ4n) is 16.0. The number of aliphatic hydroxyl groups is 1. The zero-order chi connectivity index (χ0) is 71.4. The van der Waals surface area contributed by atoms with Crippen molar-refractivity contribution in [2.45, 2.75) is 231 Å². The SMILES string of the molecule is NCCCC[C@@H]1NC(=O)CCSCc2cccc(c2)CSC[C@H](C(N)=O)NC(=O)[C@@H]2CCCN2C(=O)[C@H](CC2CCC(O)CC2)NC(=O)[C@H](CC2CNCN2)NC(=O)[C@H](CC(=O)O)NC(=O)[C@H](CC2CNC3CCC(F)CC23)NC(=O)[C@H](CC2CNC3CCC(F)CC23)NC(=O)CNC1=O. The number of nitrogens with zero attached hydrogens (tertiary/aromatic N) is 1. The van der Waals surface area contributed by atoms with Gasteiger partial charge in [0.1, 0.15) is 60.7 Å². The van der Waals surface area contributed by atoms with Gasteiger partial charge in [0, 0.05) is 67.3 Å². The molecule has 28 nitrogen and oxygen atoms in total. The third-order valence-electron chi connectivity index (χ3n) is 21.4. The molecule has 0 radical (unpaired) electrons. The molecule has 0 aromatic heterocycles. The minimum Gasteiger partial charge on any atom is -0.481 e. The zero-order valence-corrected chi connectivity index (χ0v) is 58.6. The molecule has 32 heteroatoms. The van der Waals surface area contributed by atoms with Gasteiger partial charge < -0.3 is 90.4 Å². The molecule has 5 heterocycles. The number of carboxylic acid groups (broad SMARTS) is 1. The minimum absolute atomic E-state index is 0.0410. The molecule has 5 aliphatic heterocycles. The highest BCUT2D eigenvalue weighted by molar-refractivity contribution is 7.98. The molecule has 4 saturated heterocycles. The summed E-state index contributed by atoms with van der Waals surface area (Å²) in [7, 11) is 0. The minimum atomic E-state index is -1.90. The van der Waals surface area contributed by atoms with Gasteiger partial charge in [-0.2, -0.15) is 23.5 Å². The van der Waals surface area contributed by atoms with Crippen LogP contribution in [0.1, 0.15) is 146 Å². The average molecular weight is 1440 g/mol. The number of amides is 10. The van der Waals surface area contributed by atoms with Crippen LogP contribution in [0.25, 0.3) is 0 Å². The van der Waals surface area contributed by atoms with Crippen LogP contribution in [0, 0.1) is 29.6 Å². The highest BCUT2D eigenvalue weighted by atomic mass is 32.2. The number of hydrogen-bond donors (Lipinski definition) is 16. The van der Waals surface area contributed by atoms with Crippen molar-refractivity contribution in [1.29, 1.82) is 0 Å². The van der Waals surface area contributed by atoms with Crippen molar-refractivity contribution in [3.63, 3.8) is 0 Å². The van der Waals surface area contributed by atoms with E-state index in [0.717, 1.165) is 11.1 Å². The van der Waals surface area contributed by atoms with E-state index in [2.05, 4.69) is 63.8 Å². The summed E-state index contributed by atoms with van der Waals surface area (Å²) >= 11 is 2.86. The number of thioether (sulfide) groups is 2. The van der Waals surface area contributed by atoms with E-state index in [1.165, 1.54) is 28.4 Å². The van der Waals surface area contributed by atoms with E-state index in [1.54, 1.807) is 0 Å². The van der Waals surface area contributed by atoms with Crippen molar-refractivity contribution in [1.82, 2.24) is 68.7 Å². The van der Waals surface area contributed by atoms with Crippen LogP contribution in [-0.2, 0) is 64.2 Å². The van der Waals surface area contributed by atoms with Gasteiger partial charge in [0.2, 0.25) is 59.1 Å². The van der Waals surface area contributed by atoms with E-state index in [4.69, 9.17) is 11.5 Å². The van der Waals surface area contributed by atoms with Crippen LogP contribution in [0.5, 0.6) is 0 Å². The average Bonchev–Trinajstić information content (AvgIpc) is 1.64. The first-order chi connectivity index (χ1) is 48.1. The monoisotopic (exact) mass is 1440 g/mol. The van der Waals surface area contributed by atoms with Gasteiger partial charge in [-0.05, 0) is 182 Å². The van der Waals surface area contributed by atoms with Crippen LogP contribution in [0.2, 0.25) is 0 Å². The fourth-order valence-corrected chi connectivity index (χ4v) is 17.9. The molecule has 9 unspecified atom stereocenters. The van der Waals surface area contributed by atoms with Crippen molar-refractivity contribution in [2.24, 2.45) is 41.1 Å². The quantitative estimate of drug-likeness (QED) is 0.0959. The van der Waals surface area contributed by atoms with Crippen LogP contribution in [0.15, 0.2) is 24.3 Å². The molecule has 100 heavy (non-hydrogen) atoms. The first-order valence-corrected chi connectivity index (χ1v) is 38.4. The predicted molar refractivity (Wildman–Crippen MR) is 370 cm³/mol. The Morgan fingerprint density at radius 1 is 0.610 bits per heavy atom. The number of halogens is 2. The summed E-state index contributed by atoms with van der Waals surface area (Å²) < 4.78 is 30.4. The normalized spacial score (nSPS) is 34.9. The van der Waals surface area contributed by atoms with E-state index in [9.17, 15) is 43.8 Å². The Morgan fingerprint density at radius 3 is 1.81 bits per heavy atom. The molecule has 2 bridgehead atoms. The second-order valence-corrected chi connectivity index (χ2v) is 30.9. The van der Waals surface area contributed by atoms with Crippen molar-refractivity contribution < 1.29 is 71.7 Å². The molecule has 1 aromatic rings. The number of carboxylic acids is 1. The summed E-state index contributed by atoms with van der Waals surface area (Å²) in [5, 5.41) is 56.0. The van der Waals surface area contributed by atoms with E-state index in [1.807, 2.05) is 24.3 Å². The highest BCUT2D eigenvalue weighted by Crippen LogP contribution is 2.40. The van der Waals surface area contributed by atoms with Crippen molar-refractivity contribution in [3.05, 3.63) is 35.4 Å². The van der Waals surface area contributed by atoms with E-state index < -0.39 is 157 Å². The topological polar surface area (TPSA) is 428 Å². The number of primary amides is 1. The van der Waals surface area contributed by atoms with Crippen LogP contribution < -0.4 is 75.3 Å². The third-order valence-corrected chi connectivity index (χ3v) is 23.5. The first-order valence-electron chi connectivity index (χ1n) is 36.1.